The number of likely N-dealkylation sites (tertiary alicyclic amines) is 1. The van der Waals surface area contributed by atoms with Crippen LogP contribution in [0.25, 0.3) is 0 Å². The first-order valence-electron chi connectivity index (χ1n) is 10.8. The van der Waals surface area contributed by atoms with Gasteiger partial charge >= 0.3 is 0 Å². The standard InChI is InChI=1S/C24H27ClFN3O2/c1-16-8-11-28(12-9-16)24(31)23-19-5-3-2-4-17(19)10-13-29(23)15-22(30)27-21-7-6-18(26)14-20(21)25/h2-7,14,16,23H,8-13,15H2,1H3,(H,27,30)/t23-/m0/s1. The van der Waals surface area contributed by atoms with Crippen molar-refractivity contribution in [1.82, 2.24) is 9.80 Å². The van der Waals surface area contributed by atoms with Crippen molar-refractivity contribution < 1.29 is 14.0 Å². The largest absolute Gasteiger partial charge is 0.341 e. The summed E-state index contributed by atoms with van der Waals surface area (Å²) in [6.07, 6.45) is 2.79. The molecule has 2 aromatic rings. The Kier molecular flexibility index (Phi) is 6.58. The van der Waals surface area contributed by atoms with Crippen molar-refractivity contribution in [2.45, 2.75) is 32.2 Å². The second-order valence-electron chi connectivity index (χ2n) is 8.50. The third-order valence-electron chi connectivity index (χ3n) is 6.26. The van der Waals surface area contributed by atoms with Crippen LogP contribution in [0.15, 0.2) is 42.5 Å². The summed E-state index contributed by atoms with van der Waals surface area (Å²) >= 11 is 6.05. The minimum Gasteiger partial charge on any atom is -0.341 e. The first kappa shape index (κ1) is 21.8. The van der Waals surface area contributed by atoms with E-state index in [2.05, 4.69) is 18.3 Å². The molecule has 31 heavy (non-hydrogen) atoms. The van der Waals surface area contributed by atoms with Crippen LogP contribution >= 0.6 is 11.6 Å². The number of piperidine rings is 1. The summed E-state index contributed by atoms with van der Waals surface area (Å²) < 4.78 is 13.3. The maximum absolute atomic E-state index is 13.6. The Hall–Kier alpha value is -2.44. The van der Waals surface area contributed by atoms with E-state index in [1.54, 1.807) is 0 Å². The molecular weight excluding hydrogens is 417 g/mol. The van der Waals surface area contributed by atoms with Crippen LogP contribution in [0.1, 0.15) is 36.9 Å². The SMILES string of the molecule is CC1CCN(C(=O)[C@@H]2c3ccccc3CCN2CC(=O)Nc2ccc(F)cc2Cl)CC1. The second-order valence-corrected chi connectivity index (χ2v) is 8.91. The van der Waals surface area contributed by atoms with Crippen molar-refractivity contribution in [3.05, 3.63) is 64.4 Å². The number of rotatable bonds is 4. The lowest BCUT2D eigenvalue weighted by Crippen LogP contribution is -2.50. The van der Waals surface area contributed by atoms with Gasteiger partial charge in [-0.15, -0.1) is 0 Å². The molecule has 0 saturated carbocycles. The van der Waals surface area contributed by atoms with E-state index in [1.165, 1.54) is 12.1 Å². The molecule has 0 aliphatic carbocycles. The van der Waals surface area contributed by atoms with Crippen LogP contribution in [-0.4, -0.2) is 47.8 Å². The number of hydrogen-bond acceptors (Lipinski definition) is 3. The van der Waals surface area contributed by atoms with Crippen LogP contribution in [0.2, 0.25) is 5.02 Å². The van der Waals surface area contributed by atoms with Crippen LogP contribution < -0.4 is 5.32 Å². The predicted octanol–water partition coefficient (Wildman–Crippen LogP) is 4.28. The highest BCUT2D eigenvalue weighted by molar-refractivity contribution is 6.33. The molecule has 2 amide bonds. The van der Waals surface area contributed by atoms with E-state index >= 15 is 0 Å². The average Bonchev–Trinajstić information content (AvgIpc) is 2.75. The first-order chi connectivity index (χ1) is 14.9. The Labute approximate surface area is 187 Å². The van der Waals surface area contributed by atoms with Gasteiger partial charge in [-0.1, -0.05) is 42.8 Å². The van der Waals surface area contributed by atoms with Gasteiger partial charge in [0.25, 0.3) is 0 Å². The summed E-state index contributed by atoms with van der Waals surface area (Å²) in [5.41, 5.74) is 2.49. The lowest BCUT2D eigenvalue weighted by atomic mass is 9.90. The second kappa shape index (κ2) is 9.37. The van der Waals surface area contributed by atoms with E-state index in [9.17, 15) is 14.0 Å². The molecule has 2 aromatic carbocycles. The maximum atomic E-state index is 13.6. The van der Waals surface area contributed by atoms with E-state index in [1.807, 2.05) is 28.0 Å². The number of carbonyl (C=O) groups is 2. The summed E-state index contributed by atoms with van der Waals surface area (Å²) in [7, 11) is 0. The van der Waals surface area contributed by atoms with Gasteiger partial charge in [-0.05, 0) is 54.5 Å². The molecule has 2 aliphatic rings. The van der Waals surface area contributed by atoms with E-state index in [0.717, 1.165) is 49.5 Å². The quantitative estimate of drug-likeness (QED) is 0.767. The van der Waals surface area contributed by atoms with Gasteiger partial charge in [0.1, 0.15) is 11.9 Å². The number of anilines is 1. The molecule has 0 spiro atoms. The zero-order chi connectivity index (χ0) is 22.0. The first-order valence-corrected chi connectivity index (χ1v) is 11.2. The van der Waals surface area contributed by atoms with E-state index in [4.69, 9.17) is 11.6 Å². The lowest BCUT2D eigenvalue weighted by Gasteiger charge is -2.40. The topological polar surface area (TPSA) is 52.7 Å². The van der Waals surface area contributed by atoms with Crippen molar-refractivity contribution >= 4 is 29.1 Å². The normalized spacial score (nSPS) is 19.7. The molecule has 0 bridgehead atoms. The van der Waals surface area contributed by atoms with Gasteiger partial charge in [0.2, 0.25) is 11.8 Å². The third-order valence-corrected chi connectivity index (χ3v) is 6.58. The van der Waals surface area contributed by atoms with Crippen molar-refractivity contribution in [3.8, 4) is 0 Å². The molecule has 164 valence electrons. The summed E-state index contributed by atoms with van der Waals surface area (Å²) in [6, 6.07) is 11.4. The number of fused-ring (bicyclic) bond motifs is 1. The monoisotopic (exact) mass is 443 g/mol. The molecule has 4 rings (SSSR count). The molecule has 1 fully saturated rings. The molecule has 0 unspecified atom stereocenters. The number of benzene rings is 2. The molecule has 0 aromatic heterocycles. The Morgan fingerprint density at radius 1 is 1.13 bits per heavy atom. The number of nitrogens with one attached hydrogen (secondary N) is 1. The van der Waals surface area contributed by atoms with Crippen molar-refractivity contribution in [2.75, 3.05) is 31.5 Å². The number of carbonyl (C=O) groups excluding carboxylic acids is 2. The van der Waals surface area contributed by atoms with Gasteiger partial charge in [0.05, 0.1) is 17.3 Å². The van der Waals surface area contributed by atoms with Gasteiger partial charge < -0.3 is 10.2 Å². The van der Waals surface area contributed by atoms with Gasteiger partial charge in [-0.25, -0.2) is 4.39 Å². The fourth-order valence-electron chi connectivity index (χ4n) is 4.44. The number of amides is 2. The summed E-state index contributed by atoms with van der Waals surface area (Å²) in [5.74, 6) is -0.0493. The summed E-state index contributed by atoms with van der Waals surface area (Å²) in [4.78, 5) is 30.2. The molecular formula is C24H27ClFN3O2. The molecule has 1 saturated heterocycles. The fourth-order valence-corrected chi connectivity index (χ4v) is 4.66. The van der Waals surface area contributed by atoms with E-state index in [0.29, 0.717) is 18.2 Å². The third kappa shape index (κ3) is 4.91. The maximum Gasteiger partial charge on any atom is 0.244 e. The molecule has 7 heteroatoms. The molecule has 1 atom stereocenters. The molecule has 1 N–H and O–H groups in total. The Morgan fingerprint density at radius 3 is 2.61 bits per heavy atom. The lowest BCUT2D eigenvalue weighted by molar-refractivity contribution is -0.139. The number of nitrogens with zero attached hydrogens (tertiary/aromatic N) is 2. The van der Waals surface area contributed by atoms with E-state index in [-0.39, 0.29) is 23.4 Å². The van der Waals surface area contributed by atoms with Crippen LogP contribution in [0.4, 0.5) is 10.1 Å². The highest BCUT2D eigenvalue weighted by Crippen LogP contribution is 2.32. The van der Waals surface area contributed by atoms with Crippen LogP contribution in [0.5, 0.6) is 0 Å². The zero-order valence-electron chi connectivity index (χ0n) is 17.6. The summed E-state index contributed by atoms with van der Waals surface area (Å²) in [5, 5.41) is 2.90. The van der Waals surface area contributed by atoms with Crippen LogP contribution in [0, 0.1) is 11.7 Å². The van der Waals surface area contributed by atoms with Crippen LogP contribution in [-0.2, 0) is 16.0 Å². The van der Waals surface area contributed by atoms with Gasteiger partial charge in [-0.3, -0.25) is 14.5 Å². The predicted molar refractivity (Wildman–Crippen MR) is 119 cm³/mol. The minimum absolute atomic E-state index is 0.0582. The Morgan fingerprint density at radius 2 is 1.87 bits per heavy atom. The average molecular weight is 444 g/mol. The van der Waals surface area contributed by atoms with Gasteiger partial charge in [-0.2, -0.15) is 0 Å². The molecule has 2 heterocycles. The van der Waals surface area contributed by atoms with E-state index < -0.39 is 11.9 Å². The van der Waals surface area contributed by atoms with Gasteiger partial charge in [0.15, 0.2) is 0 Å². The van der Waals surface area contributed by atoms with Gasteiger partial charge in [0, 0.05) is 19.6 Å². The summed E-state index contributed by atoms with van der Waals surface area (Å²) in [6.45, 7) is 4.40. The van der Waals surface area contributed by atoms with Crippen molar-refractivity contribution in [1.29, 1.82) is 0 Å². The van der Waals surface area contributed by atoms with Crippen molar-refractivity contribution in [3.63, 3.8) is 0 Å². The molecule has 5 nitrogen and oxygen atoms in total. The number of hydrogen-bond donors (Lipinski definition) is 1. The smallest absolute Gasteiger partial charge is 0.244 e. The minimum atomic E-state index is -0.479. The fraction of sp³-hybridized carbons (Fsp3) is 0.417. The molecule has 0 radical (unpaired) electrons. The van der Waals surface area contributed by atoms with Crippen molar-refractivity contribution in [2.24, 2.45) is 5.92 Å². The highest BCUT2D eigenvalue weighted by atomic mass is 35.5. The highest BCUT2D eigenvalue weighted by Gasteiger charge is 2.37. The molecule has 2 aliphatic heterocycles. The number of halogens is 2. The zero-order valence-corrected chi connectivity index (χ0v) is 18.4. The Bertz CT molecular complexity index is 975. The Balaban J connectivity index is 1.53. The van der Waals surface area contributed by atoms with Crippen LogP contribution in [0.3, 0.4) is 0 Å².